The highest BCUT2D eigenvalue weighted by Crippen LogP contribution is 2.11. The number of ether oxygens (including phenoxy) is 1. The van der Waals surface area contributed by atoms with Crippen LogP contribution in [-0.4, -0.2) is 29.3 Å². The third-order valence-electron chi connectivity index (χ3n) is 1.59. The number of hydrogen-bond acceptors (Lipinski definition) is 3. The smallest absolute Gasteiger partial charge is 0.408 e. The average molecular weight is 159 g/mol. The Hall–Kier alpha value is -1.26. The second kappa shape index (κ2) is 2.77. The van der Waals surface area contributed by atoms with Crippen molar-refractivity contribution in [1.29, 1.82) is 0 Å². The molecule has 1 fully saturated rings. The lowest BCUT2D eigenvalue weighted by molar-refractivity contribution is -0.145. The van der Waals surface area contributed by atoms with E-state index >= 15 is 0 Å². The van der Waals surface area contributed by atoms with Crippen LogP contribution in [0, 0.1) is 0 Å². The molecule has 1 saturated heterocycles. The van der Waals surface area contributed by atoms with Crippen molar-refractivity contribution < 1.29 is 19.4 Å². The maximum absolute atomic E-state index is 10.5. The lowest BCUT2D eigenvalue weighted by Crippen LogP contribution is -2.35. The zero-order valence-electron chi connectivity index (χ0n) is 6.03. The van der Waals surface area contributed by atoms with Gasteiger partial charge >= 0.3 is 12.1 Å². The Kier molecular flexibility index (Phi) is 1.98. The van der Waals surface area contributed by atoms with Crippen molar-refractivity contribution in [2.75, 3.05) is 0 Å². The van der Waals surface area contributed by atoms with Gasteiger partial charge in [0.25, 0.3) is 0 Å². The van der Waals surface area contributed by atoms with Crippen LogP contribution in [0.3, 0.4) is 0 Å². The van der Waals surface area contributed by atoms with Gasteiger partial charge in [0.15, 0.2) is 0 Å². The molecule has 1 aliphatic heterocycles. The zero-order valence-corrected chi connectivity index (χ0v) is 6.03. The molecule has 5 heteroatoms. The number of carboxylic acids is 1. The van der Waals surface area contributed by atoms with Crippen LogP contribution >= 0.6 is 0 Å². The van der Waals surface area contributed by atoms with Crippen LogP contribution in [0.2, 0.25) is 0 Å². The third-order valence-corrected chi connectivity index (χ3v) is 1.59. The van der Waals surface area contributed by atoms with Gasteiger partial charge in [-0.2, -0.15) is 0 Å². The molecule has 11 heavy (non-hydrogen) atoms. The fourth-order valence-electron chi connectivity index (χ4n) is 0.997. The van der Waals surface area contributed by atoms with E-state index in [0.717, 1.165) is 0 Å². The van der Waals surface area contributed by atoms with Gasteiger partial charge in [-0.1, -0.05) is 6.92 Å². The molecule has 0 radical (unpaired) electrons. The minimum atomic E-state index is -1.10. The van der Waals surface area contributed by atoms with E-state index in [1.54, 1.807) is 6.92 Å². The largest absolute Gasteiger partial charge is 0.478 e. The Morgan fingerprint density at radius 3 is 2.82 bits per heavy atom. The van der Waals surface area contributed by atoms with Gasteiger partial charge in [0.2, 0.25) is 6.10 Å². The first kappa shape index (κ1) is 7.84. The molecule has 1 amide bonds. The molecule has 0 unspecified atom stereocenters. The number of cyclic esters (lactones) is 1. The van der Waals surface area contributed by atoms with E-state index in [2.05, 4.69) is 10.1 Å². The van der Waals surface area contributed by atoms with Crippen molar-refractivity contribution >= 4 is 12.1 Å². The van der Waals surface area contributed by atoms with Crippen LogP contribution in [0.1, 0.15) is 13.3 Å². The topological polar surface area (TPSA) is 75.6 Å². The second-order valence-corrected chi connectivity index (χ2v) is 2.32. The predicted octanol–water partition coefficient (Wildman–Crippen LogP) is -0.0420. The Bertz CT molecular complexity index is 191. The molecule has 5 nitrogen and oxygen atoms in total. The molecule has 0 aromatic rings. The van der Waals surface area contributed by atoms with Gasteiger partial charge in [-0.15, -0.1) is 0 Å². The summed E-state index contributed by atoms with van der Waals surface area (Å²) in [5, 5.41) is 10.9. The van der Waals surface area contributed by atoms with Crippen LogP contribution in [0.15, 0.2) is 0 Å². The molecule has 2 N–H and O–H groups in total. The fourth-order valence-corrected chi connectivity index (χ4v) is 0.997. The standard InChI is InChI=1S/C6H9NO4/c1-2-3-4(5(8)9)11-6(10)7-3/h3-4H,2H2,1H3,(H,7,10)(H,8,9)/t3-,4+/m0/s1. The summed E-state index contributed by atoms with van der Waals surface area (Å²) in [4.78, 5) is 20.9. The maximum Gasteiger partial charge on any atom is 0.408 e. The number of amides is 1. The molecule has 1 heterocycles. The minimum absolute atomic E-state index is 0.389. The van der Waals surface area contributed by atoms with E-state index in [9.17, 15) is 9.59 Å². The molecule has 0 aromatic heterocycles. The predicted molar refractivity (Wildman–Crippen MR) is 35.1 cm³/mol. The van der Waals surface area contributed by atoms with Gasteiger partial charge in [-0.25, -0.2) is 9.59 Å². The molecule has 0 spiro atoms. The number of carbonyl (C=O) groups is 2. The molecular weight excluding hydrogens is 150 g/mol. The quantitative estimate of drug-likeness (QED) is 0.592. The summed E-state index contributed by atoms with van der Waals surface area (Å²) in [5.74, 6) is -1.10. The van der Waals surface area contributed by atoms with Gasteiger partial charge in [0.05, 0.1) is 6.04 Å². The summed E-state index contributed by atoms with van der Waals surface area (Å²) >= 11 is 0. The monoisotopic (exact) mass is 159 g/mol. The Balaban J connectivity index is 2.64. The van der Waals surface area contributed by atoms with Gasteiger partial charge in [-0.3, -0.25) is 0 Å². The number of aliphatic carboxylic acids is 1. The normalized spacial score (nSPS) is 29.4. The summed E-state index contributed by atoms with van der Waals surface area (Å²) in [6.07, 6.45) is -1.11. The molecule has 2 atom stereocenters. The number of nitrogens with one attached hydrogen (secondary N) is 1. The third kappa shape index (κ3) is 1.42. The highest BCUT2D eigenvalue weighted by Gasteiger charge is 2.37. The van der Waals surface area contributed by atoms with E-state index in [4.69, 9.17) is 5.11 Å². The number of rotatable bonds is 2. The van der Waals surface area contributed by atoms with E-state index in [1.165, 1.54) is 0 Å². The number of carboxylic acid groups (broad SMARTS) is 1. The molecule has 1 aliphatic rings. The first-order valence-corrected chi connectivity index (χ1v) is 3.35. The van der Waals surface area contributed by atoms with Crippen LogP contribution in [-0.2, 0) is 9.53 Å². The van der Waals surface area contributed by atoms with E-state index < -0.39 is 18.2 Å². The van der Waals surface area contributed by atoms with Crippen molar-refractivity contribution in [1.82, 2.24) is 5.32 Å². The molecule has 0 bridgehead atoms. The van der Waals surface area contributed by atoms with Crippen molar-refractivity contribution in [3.8, 4) is 0 Å². The minimum Gasteiger partial charge on any atom is -0.478 e. The van der Waals surface area contributed by atoms with Crippen LogP contribution < -0.4 is 5.32 Å². The van der Waals surface area contributed by atoms with E-state index in [-0.39, 0.29) is 6.04 Å². The summed E-state index contributed by atoms with van der Waals surface area (Å²) in [6.45, 7) is 1.79. The first-order chi connectivity index (χ1) is 5.15. The van der Waals surface area contributed by atoms with Crippen molar-refractivity contribution in [3.05, 3.63) is 0 Å². The van der Waals surface area contributed by atoms with Gasteiger partial charge < -0.3 is 15.2 Å². The Labute approximate surface area is 63.3 Å². The number of carbonyl (C=O) groups excluding carboxylic acids is 1. The van der Waals surface area contributed by atoms with Gasteiger partial charge in [0, 0.05) is 0 Å². The molecular formula is C6H9NO4. The number of hydrogen-bond donors (Lipinski definition) is 2. The number of alkyl carbamates (subject to hydrolysis) is 1. The van der Waals surface area contributed by atoms with Crippen molar-refractivity contribution in [2.24, 2.45) is 0 Å². The maximum atomic E-state index is 10.5. The highest BCUT2D eigenvalue weighted by molar-refractivity contribution is 5.82. The van der Waals surface area contributed by atoms with Crippen LogP contribution in [0.5, 0.6) is 0 Å². The SMILES string of the molecule is CC[C@@H]1NC(=O)O[C@H]1C(=O)O. The lowest BCUT2D eigenvalue weighted by Gasteiger charge is -2.08. The molecule has 0 saturated carbocycles. The molecule has 0 aliphatic carbocycles. The summed E-state index contributed by atoms with van der Waals surface area (Å²) in [6, 6.07) is -0.389. The molecule has 1 rings (SSSR count). The van der Waals surface area contributed by atoms with Gasteiger partial charge in [-0.05, 0) is 6.42 Å². The summed E-state index contributed by atoms with van der Waals surface area (Å²) in [5.41, 5.74) is 0. The van der Waals surface area contributed by atoms with Crippen LogP contribution in [0.25, 0.3) is 0 Å². The average Bonchev–Trinajstić information content (AvgIpc) is 2.30. The van der Waals surface area contributed by atoms with Crippen molar-refractivity contribution in [2.45, 2.75) is 25.5 Å². The lowest BCUT2D eigenvalue weighted by atomic mass is 10.1. The Morgan fingerprint density at radius 1 is 1.82 bits per heavy atom. The van der Waals surface area contributed by atoms with Crippen molar-refractivity contribution in [3.63, 3.8) is 0 Å². The van der Waals surface area contributed by atoms with E-state index in [0.29, 0.717) is 6.42 Å². The first-order valence-electron chi connectivity index (χ1n) is 3.35. The molecule has 62 valence electrons. The van der Waals surface area contributed by atoms with Crippen LogP contribution in [0.4, 0.5) is 4.79 Å². The highest BCUT2D eigenvalue weighted by atomic mass is 16.6. The fraction of sp³-hybridized carbons (Fsp3) is 0.667. The zero-order chi connectivity index (χ0) is 8.43. The van der Waals surface area contributed by atoms with E-state index in [1.807, 2.05) is 0 Å². The summed E-state index contributed by atoms with van der Waals surface area (Å²) in [7, 11) is 0. The summed E-state index contributed by atoms with van der Waals surface area (Å²) < 4.78 is 4.48. The van der Waals surface area contributed by atoms with Gasteiger partial charge in [0.1, 0.15) is 0 Å². The second-order valence-electron chi connectivity index (χ2n) is 2.32. The Morgan fingerprint density at radius 2 is 2.45 bits per heavy atom. The molecule has 0 aromatic carbocycles.